The minimum Gasteiger partial charge on any atom is -0.449 e. The number of rotatable bonds is 4. The maximum atomic E-state index is 12.1. The molecule has 0 bridgehead atoms. The molecule has 0 spiro atoms. The molecule has 7 nitrogen and oxygen atoms in total. The van der Waals surface area contributed by atoms with Crippen LogP contribution in [0.2, 0.25) is 0 Å². The smallest absolute Gasteiger partial charge is 0.426 e. The van der Waals surface area contributed by atoms with Gasteiger partial charge < -0.3 is 4.74 Å². The molecule has 0 fully saturated rings. The van der Waals surface area contributed by atoms with Gasteiger partial charge in [-0.2, -0.15) is 5.10 Å². The predicted molar refractivity (Wildman–Crippen MR) is 84.8 cm³/mol. The quantitative estimate of drug-likeness (QED) is 0.846. The molecule has 0 aliphatic heterocycles. The number of hydrogen-bond donors (Lipinski definition) is 2. The summed E-state index contributed by atoms with van der Waals surface area (Å²) in [4.78, 5) is 24.7. The van der Waals surface area contributed by atoms with Gasteiger partial charge >= 0.3 is 6.09 Å². The van der Waals surface area contributed by atoms with E-state index in [1.54, 1.807) is 13.0 Å². The zero-order valence-corrected chi connectivity index (χ0v) is 13.9. The van der Waals surface area contributed by atoms with Gasteiger partial charge in [0.05, 0.1) is 17.2 Å². The van der Waals surface area contributed by atoms with Gasteiger partial charge in [-0.25, -0.2) is 10.2 Å². The minimum absolute atomic E-state index is 0.245. The number of nitrogens with zero attached hydrogens (tertiary/aromatic N) is 2. The maximum absolute atomic E-state index is 12.1. The lowest BCUT2D eigenvalue weighted by Crippen LogP contribution is -2.41. The highest BCUT2D eigenvalue weighted by Gasteiger charge is 2.17. The second-order valence-corrected chi connectivity index (χ2v) is 6.32. The van der Waals surface area contributed by atoms with Crippen LogP contribution < -0.4 is 10.9 Å². The molecule has 22 heavy (non-hydrogen) atoms. The number of amides is 2. The number of hydrazine groups is 1. The standard InChI is InChI=1S/C14H20N4O3S/c1-5-21-14(20)16-15-12(19)11-6-10-9(4)17-18(7-8(2)3)13(10)22-11/h6,8H,5,7H2,1-4H3,(H,15,19)(H,16,20). The van der Waals surface area contributed by atoms with Gasteiger partial charge in [-0.05, 0) is 25.8 Å². The second-order valence-electron chi connectivity index (χ2n) is 5.29. The van der Waals surface area contributed by atoms with E-state index < -0.39 is 6.09 Å². The number of aromatic nitrogens is 2. The molecule has 120 valence electrons. The molecule has 0 saturated carbocycles. The van der Waals surface area contributed by atoms with Crippen molar-refractivity contribution in [2.45, 2.75) is 34.2 Å². The van der Waals surface area contributed by atoms with Gasteiger partial charge in [-0.15, -0.1) is 11.3 Å². The lowest BCUT2D eigenvalue weighted by molar-refractivity contribution is 0.0916. The highest BCUT2D eigenvalue weighted by molar-refractivity contribution is 7.20. The monoisotopic (exact) mass is 324 g/mol. The Morgan fingerprint density at radius 2 is 2.14 bits per heavy atom. The average Bonchev–Trinajstić information content (AvgIpc) is 2.98. The normalized spacial score (nSPS) is 11.0. The first kappa shape index (κ1) is 16.3. The molecule has 0 aromatic carbocycles. The molecule has 2 aromatic heterocycles. The molecule has 0 aliphatic carbocycles. The summed E-state index contributed by atoms with van der Waals surface area (Å²) in [5, 5.41) is 5.46. The van der Waals surface area contributed by atoms with Crippen LogP contribution >= 0.6 is 11.3 Å². The second kappa shape index (κ2) is 6.78. The molecule has 0 atom stereocenters. The van der Waals surface area contributed by atoms with E-state index in [1.807, 2.05) is 11.6 Å². The third-order valence-electron chi connectivity index (χ3n) is 2.92. The summed E-state index contributed by atoms with van der Waals surface area (Å²) >= 11 is 1.36. The first-order chi connectivity index (χ1) is 10.4. The number of thiophene rings is 1. The summed E-state index contributed by atoms with van der Waals surface area (Å²) in [6, 6.07) is 1.79. The minimum atomic E-state index is -0.681. The van der Waals surface area contributed by atoms with Gasteiger partial charge in [-0.1, -0.05) is 13.8 Å². The number of carbonyl (C=O) groups is 2. The number of nitrogens with one attached hydrogen (secondary N) is 2. The third kappa shape index (κ3) is 3.56. The zero-order valence-electron chi connectivity index (χ0n) is 13.1. The first-order valence-corrected chi connectivity index (χ1v) is 7.94. The van der Waals surface area contributed by atoms with Crippen LogP contribution in [0.25, 0.3) is 10.2 Å². The Bertz CT molecular complexity index is 690. The number of fused-ring (bicyclic) bond motifs is 1. The molecule has 2 N–H and O–H groups in total. The van der Waals surface area contributed by atoms with Crippen LogP contribution in [0.3, 0.4) is 0 Å². The molecular weight excluding hydrogens is 304 g/mol. The fourth-order valence-electron chi connectivity index (χ4n) is 2.03. The lowest BCUT2D eigenvalue weighted by Gasteiger charge is -2.06. The highest BCUT2D eigenvalue weighted by Crippen LogP contribution is 2.28. The van der Waals surface area contributed by atoms with Gasteiger partial charge in [0.25, 0.3) is 5.91 Å². The van der Waals surface area contributed by atoms with Crippen molar-refractivity contribution >= 4 is 33.6 Å². The molecule has 0 aliphatic rings. The van der Waals surface area contributed by atoms with Crippen molar-refractivity contribution in [3.8, 4) is 0 Å². The van der Waals surface area contributed by atoms with Crippen molar-refractivity contribution in [2.24, 2.45) is 5.92 Å². The van der Waals surface area contributed by atoms with Crippen LogP contribution in [0.5, 0.6) is 0 Å². The summed E-state index contributed by atoms with van der Waals surface area (Å²) < 4.78 is 6.60. The largest absolute Gasteiger partial charge is 0.449 e. The van der Waals surface area contributed by atoms with Crippen LogP contribution in [0.4, 0.5) is 4.79 Å². The summed E-state index contributed by atoms with van der Waals surface area (Å²) in [7, 11) is 0. The van der Waals surface area contributed by atoms with Crippen LogP contribution in [0.15, 0.2) is 6.07 Å². The predicted octanol–water partition coefficient (Wildman–Crippen LogP) is 2.45. The highest BCUT2D eigenvalue weighted by atomic mass is 32.1. The Labute approximate surface area is 132 Å². The Morgan fingerprint density at radius 1 is 1.41 bits per heavy atom. The molecule has 0 radical (unpaired) electrons. The van der Waals surface area contributed by atoms with E-state index in [1.165, 1.54) is 11.3 Å². The summed E-state index contributed by atoms with van der Waals surface area (Å²) in [5.41, 5.74) is 5.43. The SMILES string of the molecule is CCOC(=O)NNC(=O)c1cc2c(C)nn(CC(C)C)c2s1. The summed E-state index contributed by atoms with van der Waals surface area (Å²) in [6.45, 7) is 8.89. The number of carbonyl (C=O) groups excluding carboxylic acids is 2. The van der Waals surface area contributed by atoms with Crippen molar-refractivity contribution < 1.29 is 14.3 Å². The molecule has 2 rings (SSSR count). The average molecular weight is 324 g/mol. The van der Waals surface area contributed by atoms with Crippen molar-refractivity contribution in [2.75, 3.05) is 6.61 Å². The van der Waals surface area contributed by atoms with E-state index in [0.717, 1.165) is 22.5 Å². The van der Waals surface area contributed by atoms with Gasteiger partial charge in [0.1, 0.15) is 4.83 Å². The fraction of sp³-hybridized carbons (Fsp3) is 0.500. The van der Waals surface area contributed by atoms with Crippen LogP contribution in [-0.4, -0.2) is 28.4 Å². The number of hydrogen-bond acceptors (Lipinski definition) is 5. The van der Waals surface area contributed by atoms with Crippen molar-refractivity contribution in [1.82, 2.24) is 20.6 Å². The maximum Gasteiger partial charge on any atom is 0.426 e. The number of aryl methyl sites for hydroxylation is 1. The van der Waals surface area contributed by atoms with E-state index in [9.17, 15) is 9.59 Å². The molecule has 8 heteroatoms. The third-order valence-corrected chi connectivity index (χ3v) is 4.07. The van der Waals surface area contributed by atoms with Crippen molar-refractivity contribution in [1.29, 1.82) is 0 Å². The van der Waals surface area contributed by atoms with E-state index in [-0.39, 0.29) is 12.5 Å². The van der Waals surface area contributed by atoms with E-state index in [4.69, 9.17) is 0 Å². The van der Waals surface area contributed by atoms with Crippen molar-refractivity contribution in [3.63, 3.8) is 0 Å². The Hall–Kier alpha value is -2.09. The molecule has 0 saturated heterocycles. The van der Waals surface area contributed by atoms with Gasteiger partial charge in [0.15, 0.2) is 0 Å². The molecular formula is C14H20N4O3S. The molecule has 2 aromatic rings. The van der Waals surface area contributed by atoms with Gasteiger partial charge in [-0.3, -0.25) is 14.9 Å². The Morgan fingerprint density at radius 3 is 2.77 bits per heavy atom. The molecule has 2 heterocycles. The van der Waals surface area contributed by atoms with Crippen LogP contribution in [0, 0.1) is 12.8 Å². The van der Waals surface area contributed by atoms with Gasteiger partial charge in [0, 0.05) is 11.9 Å². The number of ether oxygens (including phenoxy) is 1. The summed E-state index contributed by atoms with van der Waals surface area (Å²) in [5.74, 6) is 0.0945. The first-order valence-electron chi connectivity index (χ1n) is 7.12. The molecule has 0 unspecified atom stereocenters. The van der Waals surface area contributed by atoms with Crippen LogP contribution in [-0.2, 0) is 11.3 Å². The van der Waals surface area contributed by atoms with Crippen LogP contribution in [0.1, 0.15) is 36.1 Å². The topological polar surface area (TPSA) is 85.2 Å². The van der Waals surface area contributed by atoms with Crippen molar-refractivity contribution in [3.05, 3.63) is 16.6 Å². The zero-order chi connectivity index (χ0) is 16.3. The fourth-order valence-corrected chi connectivity index (χ4v) is 3.10. The van der Waals surface area contributed by atoms with E-state index in [0.29, 0.717) is 10.8 Å². The lowest BCUT2D eigenvalue weighted by atomic mass is 10.2. The Kier molecular flexibility index (Phi) is 5.02. The van der Waals surface area contributed by atoms with Gasteiger partial charge in [0.2, 0.25) is 0 Å². The van der Waals surface area contributed by atoms with E-state index in [2.05, 4.69) is 34.5 Å². The summed E-state index contributed by atoms with van der Waals surface area (Å²) in [6.07, 6.45) is -0.681. The molecule has 2 amide bonds. The van der Waals surface area contributed by atoms with E-state index >= 15 is 0 Å². The Balaban J connectivity index is 2.15.